The first-order chi connectivity index (χ1) is 7.66. The first-order valence-electron chi connectivity index (χ1n) is 4.55. The highest BCUT2D eigenvalue weighted by atomic mass is 19.1. The van der Waals surface area contributed by atoms with E-state index < -0.39 is 5.82 Å². The standard InChI is InChI=1S/C11H9FN2O2/c12-9-5-8(1-2-10(9)13)14-11(15)7-3-4-16-6-7/h1-6H,13H2,(H,14,15). The van der Waals surface area contributed by atoms with E-state index in [2.05, 4.69) is 5.32 Å². The van der Waals surface area contributed by atoms with Gasteiger partial charge in [0.25, 0.3) is 5.91 Å². The number of hydrogen-bond donors (Lipinski definition) is 2. The minimum atomic E-state index is -0.565. The number of halogens is 1. The normalized spacial score (nSPS) is 10.1. The molecule has 0 aliphatic rings. The highest BCUT2D eigenvalue weighted by Crippen LogP contribution is 2.16. The van der Waals surface area contributed by atoms with E-state index in [1.54, 1.807) is 0 Å². The number of carbonyl (C=O) groups is 1. The maximum absolute atomic E-state index is 13.1. The van der Waals surface area contributed by atoms with Crippen molar-refractivity contribution in [3.63, 3.8) is 0 Å². The molecule has 0 atom stereocenters. The van der Waals surface area contributed by atoms with Gasteiger partial charge in [-0.15, -0.1) is 0 Å². The van der Waals surface area contributed by atoms with Crippen molar-refractivity contribution in [2.45, 2.75) is 0 Å². The third-order valence-corrected chi connectivity index (χ3v) is 2.04. The van der Waals surface area contributed by atoms with Gasteiger partial charge in [-0.3, -0.25) is 4.79 Å². The lowest BCUT2D eigenvalue weighted by Gasteiger charge is -2.04. The second-order valence-electron chi connectivity index (χ2n) is 3.20. The Hall–Kier alpha value is -2.30. The fourth-order valence-corrected chi connectivity index (χ4v) is 1.20. The minimum Gasteiger partial charge on any atom is -0.472 e. The third kappa shape index (κ3) is 2.03. The van der Waals surface area contributed by atoms with Crippen LogP contribution in [0.15, 0.2) is 41.2 Å². The van der Waals surface area contributed by atoms with Crippen LogP contribution in [0.4, 0.5) is 15.8 Å². The van der Waals surface area contributed by atoms with E-state index >= 15 is 0 Å². The topological polar surface area (TPSA) is 68.3 Å². The molecule has 1 aromatic carbocycles. The molecule has 0 spiro atoms. The number of rotatable bonds is 2. The van der Waals surface area contributed by atoms with E-state index in [0.29, 0.717) is 11.3 Å². The van der Waals surface area contributed by atoms with Crippen molar-refractivity contribution in [1.29, 1.82) is 0 Å². The Labute approximate surface area is 90.9 Å². The highest BCUT2D eigenvalue weighted by Gasteiger charge is 2.08. The van der Waals surface area contributed by atoms with Gasteiger partial charge in [0.1, 0.15) is 12.1 Å². The zero-order valence-corrected chi connectivity index (χ0v) is 8.24. The van der Waals surface area contributed by atoms with Crippen LogP contribution in [0, 0.1) is 5.82 Å². The summed E-state index contributed by atoms with van der Waals surface area (Å²) in [6, 6.07) is 5.59. The summed E-state index contributed by atoms with van der Waals surface area (Å²) in [7, 11) is 0. The lowest BCUT2D eigenvalue weighted by molar-refractivity contribution is 0.102. The Morgan fingerprint density at radius 2 is 2.19 bits per heavy atom. The van der Waals surface area contributed by atoms with Gasteiger partial charge in [-0.1, -0.05) is 0 Å². The summed E-state index contributed by atoms with van der Waals surface area (Å²) in [5, 5.41) is 2.52. The summed E-state index contributed by atoms with van der Waals surface area (Å²) in [6.07, 6.45) is 2.70. The van der Waals surface area contributed by atoms with Crippen molar-refractivity contribution in [1.82, 2.24) is 0 Å². The molecule has 0 aliphatic carbocycles. The van der Waals surface area contributed by atoms with Gasteiger partial charge in [0.2, 0.25) is 0 Å². The van der Waals surface area contributed by atoms with Crippen LogP contribution in [0.2, 0.25) is 0 Å². The van der Waals surface area contributed by atoms with E-state index in [0.717, 1.165) is 6.07 Å². The molecule has 2 rings (SSSR count). The Bertz CT molecular complexity index is 509. The summed E-state index contributed by atoms with van der Waals surface area (Å²) in [5.74, 6) is -0.928. The van der Waals surface area contributed by atoms with Gasteiger partial charge in [0, 0.05) is 5.69 Å². The fourth-order valence-electron chi connectivity index (χ4n) is 1.20. The summed E-state index contributed by atoms with van der Waals surface area (Å²) < 4.78 is 17.8. The fraction of sp³-hybridized carbons (Fsp3) is 0. The van der Waals surface area contributed by atoms with Gasteiger partial charge in [-0.25, -0.2) is 4.39 Å². The molecule has 0 fully saturated rings. The number of benzene rings is 1. The molecule has 0 unspecified atom stereocenters. The van der Waals surface area contributed by atoms with Gasteiger partial charge < -0.3 is 15.5 Å². The SMILES string of the molecule is Nc1ccc(NC(=O)c2ccoc2)cc1F. The van der Waals surface area contributed by atoms with Gasteiger partial charge in [-0.05, 0) is 24.3 Å². The molecule has 0 saturated heterocycles. The number of amides is 1. The molecule has 0 aliphatic heterocycles. The van der Waals surface area contributed by atoms with Crippen LogP contribution in [0.3, 0.4) is 0 Å². The molecule has 0 saturated carbocycles. The molecule has 4 nitrogen and oxygen atoms in total. The van der Waals surface area contributed by atoms with E-state index in [4.69, 9.17) is 10.2 Å². The Kier molecular flexibility index (Phi) is 2.59. The maximum Gasteiger partial charge on any atom is 0.258 e. The van der Waals surface area contributed by atoms with Crippen molar-refractivity contribution in [3.8, 4) is 0 Å². The molecule has 2 aromatic rings. The number of anilines is 2. The molecule has 5 heteroatoms. The van der Waals surface area contributed by atoms with Crippen molar-refractivity contribution < 1.29 is 13.6 Å². The minimum absolute atomic E-state index is 0.0429. The first kappa shape index (κ1) is 10.2. The zero-order valence-electron chi connectivity index (χ0n) is 8.24. The van der Waals surface area contributed by atoms with Crippen LogP contribution in [0.1, 0.15) is 10.4 Å². The molecule has 1 amide bonds. The van der Waals surface area contributed by atoms with E-state index in [1.807, 2.05) is 0 Å². The van der Waals surface area contributed by atoms with E-state index in [1.165, 1.54) is 30.7 Å². The van der Waals surface area contributed by atoms with Crippen LogP contribution < -0.4 is 11.1 Å². The molecule has 16 heavy (non-hydrogen) atoms. The summed E-state index contributed by atoms with van der Waals surface area (Å²) >= 11 is 0. The maximum atomic E-state index is 13.1. The number of nitrogen functional groups attached to an aromatic ring is 1. The Morgan fingerprint density at radius 1 is 1.38 bits per heavy atom. The van der Waals surface area contributed by atoms with Crippen molar-refractivity contribution in [2.75, 3.05) is 11.1 Å². The van der Waals surface area contributed by atoms with Gasteiger partial charge in [0.05, 0.1) is 17.5 Å². The highest BCUT2D eigenvalue weighted by molar-refractivity contribution is 6.04. The quantitative estimate of drug-likeness (QED) is 0.762. The van der Waals surface area contributed by atoms with Gasteiger partial charge in [-0.2, -0.15) is 0 Å². The van der Waals surface area contributed by atoms with Gasteiger partial charge in [0.15, 0.2) is 0 Å². The van der Waals surface area contributed by atoms with Crippen LogP contribution in [0.5, 0.6) is 0 Å². The van der Waals surface area contributed by atoms with Gasteiger partial charge >= 0.3 is 0 Å². The largest absolute Gasteiger partial charge is 0.472 e. The van der Waals surface area contributed by atoms with Crippen LogP contribution in [-0.4, -0.2) is 5.91 Å². The lowest BCUT2D eigenvalue weighted by atomic mass is 10.2. The molecule has 1 aromatic heterocycles. The number of furan rings is 1. The van der Waals surface area contributed by atoms with Crippen molar-refractivity contribution in [2.24, 2.45) is 0 Å². The summed E-state index contributed by atoms with van der Waals surface area (Å²) in [6.45, 7) is 0. The predicted octanol–water partition coefficient (Wildman–Crippen LogP) is 2.25. The Balaban J connectivity index is 2.15. The van der Waals surface area contributed by atoms with Crippen LogP contribution >= 0.6 is 0 Å². The first-order valence-corrected chi connectivity index (χ1v) is 4.55. The van der Waals surface area contributed by atoms with Crippen LogP contribution in [-0.2, 0) is 0 Å². The lowest BCUT2D eigenvalue weighted by Crippen LogP contribution is -2.11. The zero-order chi connectivity index (χ0) is 11.5. The van der Waals surface area contributed by atoms with Crippen molar-refractivity contribution >= 4 is 17.3 Å². The second kappa shape index (κ2) is 4.06. The smallest absolute Gasteiger partial charge is 0.258 e. The van der Waals surface area contributed by atoms with Crippen LogP contribution in [0.25, 0.3) is 0 Å². The molecule has 1 heterocycles. The number of hydrogen-bond acceptors (Lipinski definition) is 3. The average Bonchev–Trinajstić information content (AvgIpc) is 2.77. The second-order valence-corrected chi connectivity index (χ2v) is 3.20. The summed E-state index contributed by atoms with van der Waals surface area (Å²) in [4.78, 5) is 11.5. The number of nitrogens with one attached hydrogen (secondary N) is 1. The third-order valence-electron chi connectivity index (χ3n) is 2.04. The molecular weight excluding hydrogens is 211 g/mol. The molecule has 0 radical (unpaired) electrons. The predicted molar refractivity (Wildman–Crippen MR) is 57.5 cm³/mol. The van der Waals surface area contributed by atoms with E-state index in [-0.39, 0.29) is 11.6 Å². The number of nitrogens with two attached hydrogens (primary N) is 1. The average molecular weight is 220 g/mol. The molecule has 82 valence electrons. The Morgan fingerprint density at radius 3 is 2.81 bits per heavy atom. The molecule has 3 N–H and O–H groups in total. The molecule has 0 bridgehead atoms. The summed E-state index contributed by atoms with van der Waals surface area (Å²) in [5.41, 5.74) is 6.07. The van der Waals surface area contributed by atoms with E-state index in [9.17, 15) is 9.18 Å². The number of carbonyl (C=O) groups excluding carboxylic acids is 1. The molecular formula is C11H9FN2O2. The monoisotopic (exact) mass is 220 g/mol. The van der Waals surface area contributed by atoms with Crippen molar-refractivity contribution in [3.05, 3.63) is 48.2 Å².